The summed E-state index contributed by atoms with van der Waals surface area (Å²) in [6.45, 7) is 0. The van der Waals surface area contributed by atoms with Gasteiger partial charge in [0.05, 0.1) is 18.0 Å². The second-order valence-electron chi connectivity index (χ2n) is 5.02. The molecule has 0 radical (unpaired) electrons. The van der Waals surface area contributed by atoms with E-state index >= 15 is 0 Å². The molecule has 1 fully saturated rings. The molecule has 106 valence electrons. The minimum Gasteiger partial charge on any atom is -0.332 e. The highest BCUT2D eigenvalue weighted by molar-refractivity contribution is 6.06. The van der Waals surface area contributed by atoms with Gasteiger partial charge < -0.3 is 9.47 Å². The Kier molecular flexibility index (Phi) is 3.83. The zero-order valence-electron chi connectivity index (χ0n) is 11.5. The van der Waals surface area contributed by atoms with Crippen molar-refractivity contribution in [1.29, 1.82) is 0 Å². The third kappa shape index (κ3) is 2.68. The van der Waals surface area contributed by atoms with Gasteiger partial charge in [0.1, 0.15) is 5.78 Å². The summed E-state index contributed by atoms with van der Waals surface area (Å²) in [6.07, 6.45) is 2.03. The molecular formula is C14H16N2O4. The van der Waals surface area contributed by atoms with Crippen molar-refractivity contribution in [2.24, 2.45) is 7.05 Å². The molecule has 1 aromatic rings. The summed E-state index contributed by atoms with van der Waals surface area (Å²) in [7, 11) is 3.11. The van der Waals surface area contributed by atoms with Gasteiger partial charge in [0, 0.05) is 32.8 Å². The molecule has 1 aromatic heterocycles. The molecule has 0 saturated heterocycles. The zero-order chi connectivity index (χ0) is 14.9. The number of Topliss-reactive ketones (excluding diaryl/α,β-unsaturated/α-hetero) is 2. The summed E-state index contributed by atoms with van der Waals surface area (Å²) in [5.41, 5.74) is 0.142. The number of ketones is 2. The van der Waals surface area contributed by atoms with Crippen LogP contribution >= 0.6 is 0 Å². The first-order valence-electron chi connectivity index (χ1n) is 6.38. The van der Waals surface area contributed by atoms with Crippen LogP contribution in [0.2, 0.25) is 0 Å². The normalized spacial score (nSPS) is 19.0. The number of aromatic nitrogens is 1. The van der Waals surface area contributed by atoms with Crippen LogP contribution < -0.4 is 5.56 Å². The van der Waals surface area contributed by atoms with Gasteiger partial charge in [0.15, 0.2) is 5.78 Å². The van der Waals surface area contributed by atoms with Crippen molar-refractivity contribution in [1.82, 2.24) is 9.47 Å². The lowest BCUT2D eigenvalue weighted by Gasteiger charge is -2.29. The van der Waals surface area contributed by atoms with Crippen molar-refractivity contribution in [2.75, 3.05) is 7.05 Å². The van der Waals surface area contributed by atoms with E-state index in [4.69, 9.17) is 0 Å². The van der Waals surface area contributed by atoms with Gasteiger partial charge in [0.2, 0.25) is 5.56 Å². The summed E-state index contributed by atoms with van der Waals surface area (Å²) in [5, 5.41) is 0. The predicted molar refractivity (Wildman–Crippen MR) is 71.4 cm³/mol. The van der Waals surface area contributed by atoms with Crippen LogP contribution in [0.3, 0.4) is 0 Å². The number of carbonyl (C=O) groups is 3. The standard InChI is InChI=1S/C14H16N2O4/c1-15-8-9(3-6-13(15)19)14(20)16(2)11-5-4-10(17)7-12(11)18/h3,6,8,11H,4-5,7H2,1-2H3. The lowest BCUT2D eigenvalue weighted by atomic mass is 9.92. The number of rotatable bonds is 2. The third-order valence-electron chi connectivity index (χ3n) is 3.56. The van der Waals surface area contributed by atoms with Crippen molar-refractivity contribution in [2.45, 2.75) is 25.3 Å². The summed E-state index contributed by atoms with van der Waals surface area (Å²) in [4.78, 5) is 48.0. The highest BCUT2D eigenvalue weighted by atomic mass is 16.2. The summed E-state index contributed by atoms with van der Waals surface area (Å²) in [6, 6.07) is 2.20. The fourth-order valence-electron chi connectivity index (χ4n) is 2.33. The van der Waals surface area contributed by atoms with E-state index < -0.39 is 6.04 Å². The molecule has 20 heavy (non-hydrogen) atoms. The van der Waals surface area contributed by atoms with Gasteiger partial charge in [-0.25, -0.2) is 0 Å². The molecule has 0 aliphatic heterocycles. The number of hydrogen-bond acceptors (Lipinski definition) is 4. The molecule has 0 aromatic carbocycles. The van der Waals surface area contributed by atoms with E-state index in [-0.39, 0.29) is 29.5 Å². The number of nitrogens with zero attached hydrogens (tertiary/aromatic N) is 2. The maximum absolute atomic E-state index is 12.3. The molecule has 6 nitrogen and oxygen atoms in total. The van der Waals surface area contributed by atoms with Crippen molar-refractivity contribution in [3.05, 3.63) is 34.2 Å². The van der Waals surface area contributed by atoms with Gasteiger partial charge in [-0.2, -0.15) is 0 Å². The van der Waals surface area contributed by atoms with Gasteiger partial charge in [-0.15, -0.1) is 0 Å². The van der Waals surface area contributed by atoms with Gasteiger partial charge >= 0.3 is 0 Å². The molecule has 6 heteroatoms. The molecule has 1 aliphatic carbocycles. The first-order valence-corrected chi connectivity index (χ1v) is 6.38. The predicted octanol–water partition coefficient (Wildman–Crippen LogP) is 0.148. The molecule has 1 heterocycles. The molecule has 1 saturated carbocycles. The molecule has 1 unspecified atom stereocenters. The summed E-state index contributed by atoms with van der Waals surface area (Å²) in [5.74, 6) is -0.621. The number of aryl methyl sites for hydroxylation is 1. The van der Waals surface area contributed by atoms with E-state index in [1.807, 2.05) is 0 Å². The van der Waals surface area contributed by atoms with Crippen LogP contribution in [-0.2, 0) is 16.6 Å². The van der Waals surface area contributed by atoms with E-state index in [9.17, 15) is 19.2 Å². The molecule has 1 aliphatic rings. The second-order valence-corrected chi connectivity index (χ2v) is 5.02. The van der Waals surface area contributed by atoms with Gasteiger partial charge in [0.25, 0.3) is 5.91 Å². The fraction of sp³-hybridized carbons (Fsp3) is 0.429. The minimum absolute atomic E-state index is 0.0748. The van der Waals surface area contributed by atoms with Gasteiger partial charge in [-0.1, -0.05) is 0 Å². The first-order chi connectivity index (χ1) is 9.40. The molecule has 0 N–H and O–H groups in total. The van der Waals surface area contributed by atoms with Crippen molar-refractivity contribution in [3.63, 3.8) is 0 Å². The average Bonchev–Trinajstić information content (AvgIpc) is 2.40. The third-order valence-corrected chi connectivity index (χ3v) is 3.56. The zero-order valence-corrected chi connectivity index (χ0v) is 11.5. The second kappa shape index (κ2) is 5.40. The molecule has 2 rings (SSSR count). The van der Waals surface area contributed by atoms with E-state index in [1.165, 1.54) is 27.8 Å². The Balaban J connectivity index is 2.20. The van der Waals surface area contributed by atoms with Crippen molar-refractivity contribution >= 4 is 17.5 Å². The van der Waals surface area contributed by atoms with Crippen LogP contribution in [-0.4, -0.2) is 40.0 Å². The molecular weight excluding hydrogens is 260 g/mol. The van der Waals surface area contributed by atoms with E-state index in [1.54, 1.807) is 14.1 Å². The Morgan fingerprint density at radius 1 is 1.30 bits per heavy atom. The number of amides is 1. The molecule has 1 amide bonds. The topological polar surface area (TPSA) is 76.5 Å². The maximum atomic E-state index is 12.3. The molecule has 1 atom stereocenters. The lowest BCUT2D eigenvalue weighted by molar-refractivity contribution is -0.132. The molecule has 0 bridgehead atoms. The highest BCUT2D eigenvalue weighted by Gasteiger charge is 2.32. The van der Waals surface area contributed by atoms with Crippen LogP contribution in [0.4, 0.5) is 0 Å². The van der Waals surface area contributed by atoms with Crippen LogP contribution in [0, 0.1) is 0 Å². The van der Waals surface area contributed by atoms with E-state index in [0.717, 1.165) is 0 Å². The number of hydrogen-bond donors (Lipinski definition) is 0. The average molecular weight is 276 g/mol. The van der Waals surface area contributed by atoms with Crippen molar-refractivity contribution < 1.29 is 14.4 Å². The summed E-state index contributed by atoms with van der Waals surface area (Å²) >= 11 is 0. The first kappa shape index (κ1) is 14.2. The highest BCUT2D eigenvalue weighted by Crippen LogP contribution is 2.18. The van der Waals surface area contributed by atoms with E-state index in [2.05, 4.69) is 0 Å². The van der Waals surface area contributed by atoms with Crippen LogP contribution in [0.5, 0.6) is 0 Å². The smallest absolute Gasteiger partial charge is 0.255 e. The monoisotopic (exact) mass is 276 g/mol. The van der Waals surface area contributed by atoms with Crippen LogP contribution in [0.1, 0.15) is 29.6 Å². The Morgan fingerprint density at radius 3 is 2.60 bits per heavy atom. The maximum Gasteiger partial charge on any atom is 0.255 e. The minimum atomic E-state index is -0.558. The lowest BCUT2D eigenvalue weighted by Crippen LogP contribution is -2.45. The van der Waals surface area contributed by atoms with Crippen molar-refractivity contribution in [3.8, 4) is 0 Å². The number of likely N-dealkylation sites (N-methyl/N-ethyl adjacent to an activating group) is 1. The van der Waals surface area contributed by atoms with Gasteiger partial charge in [-0.05, 0) is 12.5 Å². The molecule has 0 spiro atoms. The van der Waals surface area contributed by atoms with E-state index in [0.29, 0.717) is 18.4 Å². The van der Waals surface area contributed by atoms with Gasteiger partial charge in [-0.3, -0.25) is 19.2 Å². The largest absolute Gasteiger partial charge is 0.332 e. The summed E-state index contributed by atoms with van der Waals surface area (Å²) < 4.78 is 1.31. The number of carbonyl (C=O) groups excluding carboxylic acids is 3. The Morgan fingerprint density at radius 2 is 2.00 bits per heavy atom. The Hall–Kier alpha value is -2.24. The SMILES string of the molecule is CN(C(=O)c1ccc(=O)n(C)c1)C1CCC(=O)CC1=O. The quantitative estimate of drug-likeness (QED) is 0.720. The Bertz CT molecular complexity index is 632. The van der Waals surface area contributed by atoms with Crippen LogP contribution in [0.25, 0.3) is 0 Å². The number of pyridine rings is 1. The Labute approximate surface area is 116 Å². The fourth-order valence-corrected chi connectivity index (χ4v) is 2.33. The van der Waals surface area contributed by atoms with Crippen LogP contribution in [0.15, 0.2) is 23.1 Å².